The molecule has 3 heteroatoms. The molecule has 0 spiro atoms. The van der Waals surface area contributed by atoms with Gasteiger partial charge in [0.15, 0.2) is 0 Å². The Labute approximate surface area is 107 Å². The van der Waals surface area contributed by atoms with Crippen molar-refractivity contribution in [3.05, 3.63) is 29.8 Å². The van der Waals surface area contributed by atoms with Gasteiger partial charge in [-0.3, -0.25) is 0 Å². The number of hydrogen-bond donors (Lipinski definition) is 1. The average Bonchev–Trinajstić information content (AvgIpc) is 2.92. The van der Waals surface area contributed by atoms with Gasteiger partial charge in [0.05, 0.1) is 0 Å². The number of para-hydroxylation sites is 1. The van der Waals surface area contributed by atoms with Crippen LogP contribution in [0.5, 0.6) is 0 Å². The zero-order valence-corrected chi connectivity index (χ0v) is 10.7. The molecule has 0 aromatic heterocycles. The second-order valence-electron chi connectivity index (χ2n) is 5.60. The highest BCUT2D eigenvalue weighted by atomic mass is 16.4. The van der Waals surface area contributed by atoms with Gasteiger partial charge in [-0.2, -0.15) is 0 Å². The predicted octanol–water partition coefficient (Wildman–Crippen LogP) is 2.84. The Morgan fingerprint density at radius 2 is 2.00 bits per heavy atom. The lowest BCUT2D eigenvalue weighted by atomic mass is 9.94. The van der Waals surface area contributed by atoms with Crippen LogP contribution in [-0.4, -0.2) is 22.7 Å². The van der Waals surface area contributed by atoms with Gasteiger partial charge in [-0.1, -0.05) is 31.0 Å². The van der Waals surface area contributed by atoms with Gasteiger partial charge in [0.1, 0.15) is 5.54 Å². The summed E-state index contributed by atoms with van der Waals surface area (Å²) in [6, 6.07) is 8.53. The molecule has 1 aromatic rings. The van der Waals surface area contributed by atoms with Crippen molar-refractivity contribution in [2.24, 2.45) is 0 Å². The quantitative estimate of drug-likeness (QED) is 0.871. The molecule has 3 rings (SSSR count). The lowest BCUT2D eigenvalue weighted by Crippen LogP contribution is -2.55. The number of carboxylic acid groups (broad SMARTS) is 1. The zero-order valence-electron chi connectivity index (χ0n) is 10.7. The van der Waals surface area contributed by atoms with Crippen molar-refractivity contribution >= 4 is 11.7 Å². The number of nitrogens with zero attached hydrogens (tertiary/aromatic N) is 1. The number of rotatable bonds is 2. The molecule has 1 atom stereocenters. The largest absolute Gasteiger partial charge is 0.479 e. The van der Waals surface area contributed by atoms with Gasteiger partial charge in [0.2, 0.25) is 0 Å². The van der Waals surface area contributed by atoms with Crippen LogP contribution >= 0.6 is 0 Å². The second-order valence-corrected chi connectivity index (χ2v) is 5.60. The highest BCUT2D eigenvalue weighted by Gasteiger charge is 2.50. The molecule has 96 valence electrons. The number of anilines is 1. The minimum Gasteiger partial charge on any atom is -0.479 e. The number of aliphatic carboxylic acids is 1. The summed E-state index contributed by atoms with van der Waals surface area (Å²) < 4.78 is 0. The third-order valence-electron chi connectivity index (χ3n) is 4.50. The number of carboxylic acids is 1. The summed E-state index contributed by atoms with van der Waals surface area (Å²) in [5.74, 6) is -0.649. The normalized spacial score (nSPS) is 25.2. The first-order valence-electron chi connectivity index (χ1n) is 6.76. The molecule has 1 heterocycles. The van der Waals surface area contributed by atoms with Crippen molar-refractivity contribution in [3.63, 3.8) is 0 Å². The van der Waals surface area contributed by atoms with Gasteiger partial charge in [0, 0.05) is 11.7 Å². The molecule has 0 saturated heterocycles. The summed E-state index contributed by atoms with van der Waals surface area (Å²) >= 11 is 0. The smallest absolute Gasteiger partial charge is 0.329 e. The summed E-state index contributed by atoms with van der Waals surface area (Å²) in [4.78, 5) is 14.0. The molecule has 18 heavy (non-hydrogen) atoms. The van der Waals surface area contributed by atoms with E-state index in [4.69, 9.17) is 0 Å². The average molecular weight is 245 g/mol. The zero-order chi connectivity index (χ0) is 12.8. The molecule has 0 bridgehead atoms. The van der Waals surface area contributed by atoms with E-state index in [1.54, 1.807) is 0 Å². The Morgan fingerprint density at radius 1 is 1.33 bits per heavy atom. The number of fused-ring (bicyclic) bond motifs is 1. The third-order valence-corrected chi connectivity index (χ3v) is 4.50. The van der Waals surface area contributed by atoms with Crippen molar-refractivity contribution in [1.82, 2.24) is 0 Å². The van der Waals surface area contributed by atoms with Gasteiger partial charge in [-0.05, 0) is 37.8 Å². The summed E-state index contributed by atoms with van der Waals surface area (Å²) in [7, 11) is 0. The van der Waals surface area contributed by atoms with Crippen molar-refractivity contribution in [2.45, 2.75) is 50.6 Å². The SMILES string of the molecule is CC1Cc2ccccc2N1C1(C(=O)O)CCCC1. The van der Waals surface area contributed by atoms with Crippen LogP contribution in [0, 0.1) is 0 Å². The number of carbonyl (C=O) groups is 1. The monoisotopic (exact) mass is 245 g/mol. The van der Waals surface area contributed by atoms with E-state index < -0.39 is 11.5 Å². The van der Waals surface area contributed by atoms with Crippen molar-refractivity contribution in [3.8, 4) is 0 Å². The highest BCUT2D eigenvalue weighted by molar-refractivity contribution is 5.85. The van der Waals surface area contributed by atoms with Gasteiger partial charge in [-0.15, -0.1) is 0 Å². The first-order valence-corrected chi connectivity index (χ1v) is 6.76. The van der Waals surface area contributed by atoms with E-state index in [1.165, 1.54) is 5.56 Å². The molecule has 1 unspecified atom stereocenters. The van der Waals surface area contributed by atoms with Crippen LogP contribution in [0.1, 0.15) is 38.2 Å². The van der Waals surface area contributed by atoms with E-state index in [-0.39, 0.29) is 6.04 Å². The minimum atomic E-state index is -0.661. The standard InChI is InChI=1S/C15H19NO2/c1-11-10-12-6-2-3-7-13(12)16(11)15(14(17)18)8-4-5-9-15/h2-3,6-7,11H,4-5,8-10H2,1H3,(H,17,18). The van der Waals surface area contributed by atoms with Crippen LogP contribution in [0.15, 0.2) is 24.3 Å². The van der Waals surface area contributed by atoms with Crippen molar-refractivity contribution < 1.29 is 9.90 Å². The topological polar surface area (TPSA) is 40.5 Å². The molecule has 2 aliphatic rings. The molecule has 1 aliphatic carbocycles. The maximum absolute atomic E-state index is 11.8. The lowest BCUT2D eigenvalue weighted by Gasteiger charge is -2.40. The summed E-state index contributed by atoms with van der Waals surface area (Å²) in [6.45, 7) is 2.14. The van der Waals surface area contributed by atoms with Crippen molar-refractivity contribution in [2.75, 3.05) is 4.90 Å². The van der Waals surface area contributed by atoms with Gasteiger partial charge in [0.25, 0.3) is 0 Å². The molecule has 0 radical (unpaired) electrons. The Kier molecular flexibility index (Phi) is 2.58. The summed E-state index contributed by atoms with van der Waals surface area (Å²) in [6.07, 6.45) is 4.57. The first kappa shape index (κ1) is 11.6. The predicted molar refractivity (Wildman–Crippen MR) is 70.9 cm³/mol. The van der Waals surface area contributed by atoms with Gasteiger partial charge in [-0.25, -0.2) is 4.79 Å². The van der Waals surface area contributed by atoms with E-state index >= 15 is 0 Å². The van der Waals surface area contributed by atoms with Gasteiger partial charge >= 0.3 is 5.97 Å². The Morgan fingerprint density at radius 3 is 2.67 bits per heavy atom. The molecular formula is C15H19NO2. The van der Waals surface area contributed by atoms with E-state index in [1.807, 2.05) is 12.1 Å². The molecule has 0 amide bonds. The Balaban J connectivity index is 2.08. The molecule has 1 aliphatic heterocycles. The Bertz CT molecular complexity index is 477. The van der Waals surface area contributed by atoms with Crippen LogP contribution in [0.2, 0.25) is 0 Å². The molecular weight excluding hydrogens is 226 g/mol. The number of benzene rings is 1. The fourth-order valence-electron chi connectivity index (χ4n) is 3.74. The maximum atomic E-state index is 11.8. The van der Waals surface area contributed by atoms with E-state index in [0.29, 0.717) is 0 Å². The summed E-state index contributed by atoms with van der Waals surface area (Å²) in [5, 5.41) is 9.73. The highest BCUT2D eigenvalue weighted by Crippen LogP contribution is 2.44. The number of hydrogen-bond acceptors (Lipinski definition) is 2. The van der Waals surface area contributed by atoms with Crippen LogP contribution in [0.3, 0.4) is 0 Å². The Hall–Kier alpha value is -1.51. The van der Waals surface area contributed by atoms with E-state index in [0.717, 1.165) is 37.8 Å². The van der Waals surface area contributed by atoms with Crippen LogP contribution in [0.4, 0.5) is 5.69 Å². The second kappa shape index (κ2) is 4.01. The van der Waals surface area contributed by atoms with Crippen LogP contribution in [0.25, 0.3) is 0 Å². The molecule has 1 fully saturated rings. The summed E-state index contributed by atoms with van der Waals surface area (Å²) in [5.41, 5.74) is 1.76. The lowest BCUT2D eigenvalue weighted by molar-refractivity contribution is -0.143. The van der Waals surface area contributed by atoms with Crippen LogP contribution < -0.4 is 4.90 Å². The maximum Gasteiger partial charge on any atom is 0.329 e. The van der Waals surface area contributed by atoms with E-state index in [9.17, 15) is 9.90 Å². The van der Waals surface area contributed by atoms with E-state index in [2.05, 4.69) is 24.0 Å². The molecule has 3 nitrogen and oxygen atoms in total. The minimum absolute atomic E-state index is 0.289. The fourth-order valence-corrected chi connectivity index (χ4v) is 3.74. The first-order chi connectivity index (χ1) is 8.65. The molecule has 1 saturated carbocycles. The fraction of sp³-hybridized carbons (Fsp3) is 0.533. The molecule has 1 N–H and O–H groups in total. The van der Waals surface area contributed by atoms with Crippen molar-refractivity contribution in [1.29, 1.82) is 0 Å². The van der Waals surface area contributed by atoms with Gasteiger partial charge < -0.3 is 10.0 Å². The molecule has 1 aromatic carbocycles. The van der Waals surface area contributed by atoms with Crippen LogP contribution in [-0.2, 0) is 11.2 Å². The third kappa shape index (κ3) is 1.46.